The molecule has 0 radical (unpaired) electrons. The topological polar surface area (TPSA) is 18.5 Å². The Bertz CT molecular complexity index is 133. The molecule has 0 aliphatic carbocycles. The number of hydrogen-bond donors (Lipinski definition) is 0. The molecule has 0 atom stereocenters. The zero-order valence-corrected chi connectivity index (χ0v) is 9.91. The Hall–Kier alpha value is -0.123. The largest absolute Gasteiger partial charge is 0.391 e. The van der Waals surface area contributed by atoms with E-state index in [1.54, 1.807) is 0 Å². The molecular weight excluding hydrogens is 168 g/mol. The smallest absolute Gasteiger partial charge is 0.351 e. The predicted molar refractivity (Wildman–Crippen MR) is 54.4 cm³/mol. The first-order valence-corrected chi connectivity index (χ1v) is 5.91. The number of allylic oxidation sites excluding steroid dienone is 1. The first-order chi connectivity index (χ1) is 5.43. The van der Waals surface area contributed by atoms with Gasteiger partial charge in [0.05, 0.1) is 0 Å². The Morgan fingerprint density at radius 2 is 1.42 bits per heavy atom. The molecule has 2 nitrogen and oxygen atoms in total. The molecule has 0 aromatic heterocycles. The summed E-state index contributed by atoms with van der Waals surface area (Å²) >= 11 is 0. The molecule has 0 saturated carbocycles. The van der Waals surface area contributed by atoms with Crippen molar-refractivity contribution in [2.24, 2.45) is 0 Å². The van der Waals surface area contributed by atoms with E-state index in [1.807, 2.05) is 34.6 Å². The van der Waals surface area contributed by atoms with E-state index < -0.39 is 9.28 Å². The molecule has 0 aliphatic heterocycles. The molecule has 0 aromatic rings. The van der Waals surface area contributed by atoms with E-state index >= 15 is 0 Å². The summed E-state index contributed by atoms with van der Waals surface area (Å²) in [4.78, 5) is 0. The summed E-state index contributed by atoms with van der Waals surface area (Å²) in [6.45, 7) is 13.9. The van der Waals surface area contributed by atoms with E-state index in [0.717, 1.165) is 5.20 Å². The Balaban J connectivity index is 3.96. The second-order valence-electron chi connectivity index (χ2n) is 3.55. The highest BCUT2D eigenvalue weighted by Crippen LogP contribution is 2.06. The fraction of sp³-hybridized carbons (Fsp3) is 0.778. The van der Waals surface area contributed by atoms with Crippen LogP contribution in [0, 0.1) is 0 Å². The molecule has 0 aliphatic rings. The Kier molecular flexibility index (Phi) is 5.45. The van der Waals surface area contributed by atoms with E-state index in [1.165, 1.54) is 0 Å². The molecule has 0 bridgehead atoms. The van der Waals surface area contributed by atoms with Gasteiger partial charge in [-0.3, -0.25) is 0 Å². The van der Waals surface area contributed by atoms with Gasteiger partial charge in [0.25, 0.3) is 0 Å². The van der Waals surface area contributed by atoms with Crippen LogP contribution in [-0.4, -0.2) is 21.5 Å². The summed E-state index contributed by atoms with van der Waals surface area (Å²) in [7, 11) is -1.62. The fourth-order valence-electron chi connectivity index (χ4n) is 0.759. The average Bonchev–Trinajstić information content (AvgIpc) is 1.83. The quantitative estimate of drug-likeness (QED) is 0.616. The van der Waals surface area contributed by atoms with Gasteiger partial charge in [0, 0.05) is 12.2 Å². The highest BCUT2D eigenvalue weighted by atomic mass is 28.3. The van der Waals surface area contributed by atoms with Gasteiger partial charge < -0.3 is 8.85 Å². The van der Waals surface area contributed by atoms with Crippen molar-refractivity contribution in [1.29, 1.82) is 0 Å². The molecule has 0 rings (SSSR count). The van der Waals surface area contributed by atoms with Gasteiger partial charge in [-0.05, 0) is 39.8 Å². The monoisotopic (exact) mass is 188 g/mol. The summed E-state index contributed by atoms with van der Waals surface area (Å²) < 4.78 is 11.3. The van der Waals surface area contributed by atoms with Crippen molar-refractivity contribution in [3.05, 3.63) is 11.8 Å². The summed E-state index contributed by atoms with van der Waals surface area (Å²) in [5, 5.41) is 1.05. The Morgan fingerprint density at radius 3 is 1.58 bits per heavy atom. The Labute approximate surface area is 77.4 Å². The highest BCUT2D eigenvalue weighted by Gasteiger charge is 2.17. The molecule has 0 saturated heterocycles. The first-order valence-electron chi connectivity index (χ1n) is 4.39. The third kappa shape index (κ3) is 5.52. The van der Waals surface area contributed by atoms with E-state index in [2.05, 4.69) is 6.58 Å². The van der Waals surface area contributed by atoms with Gasteiger partial charge in [-0.25, -0.2) is 0 Å². The van der Waals surface area contributed by atoms with Crippen molar-refractivity contribution in [3.8, 4) is 0 Å². The highest BCUT2D eigenvalue weighted by molar-refractivity contribution is 6.53. The lowest BCUT2D eigenvalue weighted by Crippen LogP contribution is -2.30. The van der Waals surface area contributed by atoms with Crippen LogP contribution >= 0.6 is 0 Å². The molecule has 0 spiro atoms. The molecular formula is C9H20O2Si. The van der Waals surface area contributed by atoms with Crippen LogP contribution < -0.4 is 0 Å². The molecule has 12 heavy (non-hydrogen) atoms. The summed E-state index contributed by atoms with van der Waals surface area (Å²) in [5.74, 6) is 0. The molecule has 0 unspecified atom stereocenters. The zero-order chi connectivity index (χ0) is 9.72. The minimum atomic E-state index is -1.62. The normalized spacial score (nSPS) is 11.7. The zero-order valence-electron chi connectivity index (χ0n) is 8.76. The summed E-state index contributed by atoms with van der Waals surface area (Å²) in [6, 6.07) is 0. The van der Waals surface area contributed by atoms with Crippen LogP contribution in [0.2, 0.25) is 0 Å². The maximum atomic E-state index is 5.64. The van der Waals surface area contributed by atoms with E-state index in [-0.39, 0.29) is 12.2 Å². The van der Waals surface area contributed by atoms with Gasteiger partial charge in [0.15, 0.2) is 0 Å². The van der Waals surface area contributed by atoms with E-state index in [0.29, 0.717) is 0 Å². The molecule has 0 heterocycles. The third-order valence-electron chi connectivity index (χ3n) is 1.19. The van der Waals surface area contributed by atoms with Gasteiger partial charge in [0.2, 0.25) is 0 Å². The first kappa shape index (κ1) is 11.9. The van der Waals surface area contributed by atoms with Crippen LogP contribution in [0.5, 0.6) is 0 Å². The lowest BCUT2D eigenvalue weighted by Gasteiger charge is -2.21. The van der Waals surface area contributed by atoms with Crippen molar-refractivity contribution in [2.45, 2.75) is 46.8 Å². The molecule has 0 aromatic carbocycles. The average molecular weight is 188 g/mol. The lowest BCUT2D eigenvalue weighted by molar-refractivity contribution is 0.136. The van der Waals surface area contributed by atoms with Crippen LogP contribution in [0.1, 0.15) is 34.6 Å². The van der Waals surface area contributed by atoms with Crippen LogP contribution in [0.4, 0.5) is 0 Å². The van der Waals surface area contributed by atoms with E-state index in [9.17, 15) is 0 Å². The van der Waals surface area contributed by atoms with Crippen molar-refractivity contribution >= 4 is 9.28 Å². The summed E-state index contributed by atoms with van der Waals surface area (Å²) in [5.41, 5.74) is 0. The minimum Gasteiger partial charge on any atom is -0.391 e. The van der Waals surface area contributed by atoms with Gasteiger partial charge in [0.1, 0.15) is 0 Å². The van der Waals surface area contributed by atoms with Crippen molar-refractivity contribution < 1.29 is 8.85 Å². The fourth-order valence-corrected chi connectivity index (χ4v) is 2.28. The van der Waals surface area contributed by atoms with Crippen LogP contribution in [0.15, 0.2) is 11.8 Å². The van der Waals surface area contributed by atoms with Crippen LogP contribution in [-0.2, 0) is 8.85 Å². The lowest BCUT2D eigenvalue weighted by atomic mass is 10.5. The number of rotatable bonds is 5. The summed E-state index contributed by atoms with van der Waals surface area (Å²) in [6.07, 6.45) is 0.467. The van der Waals surface area contributed by atoms with E-state index in [4.69, 9.17) is 8.85 Å². The van der Waals surface area contributed by atoms with Gasteiger partial charge in [-0.2, -0.15) is 0 Å². The molecule has 0 amide bonds. The number of hydrogen-bond acceptors (Lipinski definition) is 2. The second kappa shape index (κ2) is 5.51. The maximum Gasteiger partial charge on any atom is 0.351 e. The SMILES string of the molecule is C=C(C)[SiH](OC(C)C)OC(C)C. The second-order valence-corrected chi connectivity index (χ2v) is 5.74. The van der Waals surface area contributed by atoms with Gasteiger partial charge in [-0.1, -0.05) is 6.58 Å². The van der Waals surface area contributed by atoms with Gasteiger partial charge >= 0.3 is 9.28 Å². The van der Waals surface area contributed by atoms with Gasteiger partial charge in [-0.15, -0.1) is 0 Å². The molecule has 72 valence electrons. The predicted octanol–water partition coefficient (Wildman–Crippen LogP) is 2.17. The van der Waals surface area contributed by atoms with Crippen LogP contribution in [0.25, 0.3) is 0 Å². The standard InChI is InChI=1S/C9H20O2Si/c1-7(2)10-12(9(5)6)11-8(3)4/h7-8,12H,5H2,1-4,6H3. The molecule has 0 fully saturated rings. The maximum absolute atomic E-state index is 5.64. The third-order valence-corrected chi connectivity index (χ3v) is 3.58. The van der Waals surface area contributed by atoms with Crippen molar-refractivity contribution in [3.63, 3.8) is 0 Å². The van der Waals surface area contributed by atoms with Crippen LogP contribution in [0.3, 0.4) is 0 Å². The molecule has 0 N–H and O–H groups in total. The minimum absolute atomic E-state index is 0.233. The van der Waals surface area contributed by atoms with Crippen molar-refractivity contribution in [2.75, 3.05) is 0 Å². The Morgan fingerprint density at radius 1 is 1.08 bits per heavy atom. The molecule has 3 heteroatoms. The van der Waals surface area contributed by atoms with Crippen molar-refractivity contribution in [1.82, 2.24) is 0 Å².